The molecule has 4 heteroatoms. The van der Waals surface area contributed by atoms with Crippen molar-refractivity contribution in [1.29, 1.82) is 0 Å². The van der Waals surface area contributed by atoms with E-state index in [0.717, 1.165) is 37.0 Å². The summed E-state index contributed by atoms with van der Waals surface area (Å²) in [4.78, 5) is 0. The van der Waals surface area contributed by atoms with Crippen molar-refractivity contribution in [3.63, 3.8) is 0 Å². The van der Waals surface area contributed by atoms with Gasteiger partial charge in [0.15, 0.2) is 0 Å². The first-order valence-corrected chi connectivity index (χ1v) is 6.20. The molecule has 0 radical (unpaired) electrons. The van der Waals surface area contributed by atoms with Crippen molar-refractivity contribution in [3.8, 4) is 0 Å². The summed E-state index contributed by atoms with van der Waals surface area (Å²) in [5, 5.41) is 3.33. The predicted octanol–water partition coefficient (Wildman–Crippen LogP) is 3.14. The van der Waals surface area contributed by atoms with E-state index in [0.29, 0.717) is 6.10 Å². The van der Waals surface area contributed by atoms with Crippen LogP contribution in [-0.4, -0.2) is 19.2 Å². The lowest BCUT2D eigenvalue weighted by Crippen LogP contribution is -2.32. The molecule has 16 heavy (non-hydrogen) atoms. The first kappa shape index (κ1) is 14.0. The Morgan fingerprint density at radius 3 is 2.75 bits per heavy atom. The summed E-state index contributed by atoms with van der Waals surface area (Å²) < 4.78 is 6.98. The van der Waals surface area contributed by atoms with Gasteiger partial charge in [0, 0.05) is 4.47 Å². The Morgan fingerprint density at radius 1 is 1.31 bits per heavy atom. The van der Waals surface area contributed by atoms with Gasteiger partial charge in [-0.2, -0.15) is 0 Å². The van der Waals surface area contributed by atoms with Gasteiger partial charge in [-0.25, -0.2) is 0 Å². The first-order chi connectivity index (χ1) is 7.34. The van der Waals surface area contributed by atoms with Crippen LogP contribution in [-0.2, 0) is 11.3 Å². The highest BCUT2D eigenvalue weighted by Gasteiger charge is 2.12. The number of halogens is 2. The minimum atomic E-state index is 0. The van der Waals surface area contributed by atoms with Crippen molar-refractivity contribution in [3.05, 3.63) is 34.3 Å². The van der Waals surface area contributed by atoms with Gasteiger partial charge in [0.05, 0.1) is 12.7 Å². The van der Waals surface area contributed by atoms with E-state index in [2.05, 4.69) is 33.4 Å². The van der Waals surface area contributed by atoms with Gasteiger partial charge in [-0.3, -0.25) is 0 Å². The van der Waals surface area contributed by atoms with Crippen molar-refractivity contribution >= 4 is 28.3 Å². The number of benzene rings is 1. The maximum Gasteiger partial charge on any atom is 0.0721 e. The van der Waals surface area contributed by atoms with E-state index in [4.69, 9.17) is 4.74 Å². The molecule has 0 saturated carbocycles. The molecule has 1 aromatic carbocycles. The molecule has 1 N–H and O–H groups in total. The van der Waals surface area contributed by atoms with E-state index in [1.165, 1.54) is 5.56 Å². The van der Waals surface area contributed by atoms with Crippen LogP contribution in [0.15, 0.2) is 28.7 Å². The standard InChI is InChI=1S/C12H16BrNO.ClH/c13-11-3-1-2-10(8-11)9-15-12-4-6-14-7-5-12;/h1-3,8,12,14H,4-7,9H2;1H. The van der Waals surface area contributed by atoms with Crippen molar-refractivity contribution < 1.29 is 4.74 Å². The summed E-state index contributed by atoms with van der Waals surface area (Å²) in [7, 11) is 0. The molecule has 0 aliphatic carbocycles. The van der Waals surface area contributed by atoms with Crippen LogP contribution in [0, 0.1) is 0 Å². The SMILES string of the molecule is Brc1cccc(COC2CCNCC2)c1.Cl. The van der Waals surface area contributed by atoms with Gasteiger partial charge in [0.1, 0.15) is 0 Å². The van der Waals surface area contributed by atoms with E-state index >= 15 is 0 Å². The topological polar surface area (TPSA) is 21.3 Å². The molecule has 0 aromatic heterocycles. The molecule has 1 aromatic rings. The second-order valence-electron chi connectivity index (χ2n) is 3.89. The van der Waals surface area contributed by atoms with Gasteiger partial charge < -0.3 is 10.1 Å². The number of piperidine rings is 1. The van der Waals surface area contributed by atoms with Crippen LogP contribution in [0.25, 0.3) is 0 Å². The molecule has 1 saturated heterocycles. The molecule has 2 rings (SSSR count). The molecule has 2 nitrogen and oxygen atoms in total. The van der Waals surface area contributed by atoms with Crippen LogP contribution in [0.1, 0.15) is 18.4 Å². The number of hydrogen-bond donors (Lipinski definition) is 1. The van der Waals surface area contributed by atoms with Gasteiger partial charge in [0.2, 0.25) is 0 Å². The normalized spacial score (nSPS) is 16.8. The Labute approximate surface area is 111 Å². The van der Waals surface area contributed by atoms with Crippen LogP contribution < -0.4 is 5.32 Å². The molecular weight excluding hydrogens is 289 g/mol. The molecule has 0 amide bonds. The Morgan fingerprint density at radius 2 is 2.06 bits per heavy atom. The van der Waals surface area contributed by atoms with Gasteiger partial charge in [-0.05, 0) is 43.6 Å². The van der Waals surface area contributed by atoms with E-state index < -0.39 is 0 Å². The fourth-order valence-corrected chi connectivity index (χ4v) is 2.25. The highest BCUT2D eigenvalue weighted by Crippen LogP contribution is 2.15. The zero-order valence-corrected chi connectivity index (χ0v) is 11.5. The lowest BCUT2D eigenvalue weighted by molar-refractivity contribution is 0.0212. The third kappa shape index (κ3) is 4.42. The molecule has 1 aliphatic heterocycles. The average Bonchev–Trinajstić information content (AvgIpc) is 2.28. The summed E-state index contributed by atoms with van der Waals surface area (Å²) in [6.45, 7) is 2.90. The van der Waals surface area contributed by atoms with Gasteiger partial charge >= 0.3 is 0 Å². The van der Waals surface area contributed by atoms with Crippen molar-refractivity contribution in [1.82, 2.24) is 5.32 Å². The monoisotopic (exact) mass is 305 g/mol. The Balaban J connectivity index is 0.00000128. The first-order valence-electron chi connectivity index (χ1n) is 5.41. The molecule has 0 spiro atoms. The van der Waals surface area contributed by atoms with Crippen LogP contribution >= 0.6 is 28.3 Å². The zero-order chi connectivity index (χ0) is 10.5. The average molecular weight is 307 g/mol. The van der Waals surface area contributed by atoms with Crippen LogP contribution in [0.4, 0.5) is 0 Å². The predicted molar refractivity (Wildman–Crippen MR) is 72.1 cm³/mol. The minimum Gasteiger partial charge on any atom is -0.373 e. The summed E-state index contributed by atoms with van der Waals surface area (Å²) in [5.41, 5.74) is 1.24. The second kappa shape index (κ2) is 7.28. The summed E-state index contributed by atoms with van der Waals surface area (Å²) >= 11 is 3.46. The van der Waals surface area contributed by atoms with Crippen LogP contribution in [0.3, 0.4) is 0 Å². The molecular formula is C12H17BrClNO. The van der Waals surface area contributed by atoms with E-state index in [1.54, 1.807) is 0 Å². The Bertz CT molecular complexity index is 316. The van der Waals surface area contributed by atoms with E-state index in [-0.39, 0.29) is 12.4 Å². The highest BCUT2D eigenvalue weighted by molar-refractivity contribution is 9.10. The van der Waals surface area contributed by atoms with Crippen LogP contribution in [0.2, 0.25) is 0 Å². The quantitative estimate of drug-likeness (QED) is 0.926. The summed E-state index contributed by atoms with van der Waals surface area (Å²) in [5.74, 6) is 0. The summed E-state index contributed by atoms with van der Waals surface area (Å²) in [6, 6.07) is 8.30. The maximum absolute atomic E-state index is 5.86. The fourth-order valence-electron chi connectivity index (χ4n) is 1.80. The van der Waals surface area contributed by atoms with Crippen molar-refractivity contribution in [2.24, 2.45) is 0 Å². The third-order valence-corrected chi connectivity index (χ3v) is 3.15. The Hall–Kier alpha value is -0.0900. The smallest absolute Gasteiger partial charge is 0.0721 e. The highest BCUT2D eigenvalue weighted by atomic mass is 79.9. The van der Waals surface area contributed by atoms with Crippen LogP contribution in [0.5, 0.6) is 0 Å². The molecule has 1 fully saturated rings. The second-order valence-corrected chi connectivity index (χ2v) is 4.81. The van der Waals surface area contributed by atoms with Crippen molar-refractivity contribution in [2.75, 3.05) is 13.1 Å². The van der Waals surface area contributed by atoms with Gasteiger partial charge in [0.25, 0.3) is 0 Å². The number of hydrogen-bond acceptors (Lipinski definition) is 2. The van der Waals surface area contributed by atoms with E-state index in [1.807, 2.05) is 12.1 Å². The number of rotatable bonds is 3. The maximum atomic E-state index is 5.86. The largest absolute Gasteiger partial charge is 0.373 e. The molecule has 1 heterocycles. The molecule has 0 unspecified atom stereocenters. The van der Waals surface area contributed by atoms with E-state index in [9.17, 15) is 0 Å². The molecule has 0 atom stereocenters. The zero-order valence-electron chi connectivity index (χ0n) is 9.12. The van der Waals surface area contributed by atoms with Crippen molar-refractivity contribution in [2.45, 2.75) is 25.6 Å². The van der Waals surface area contributed by atoms with Gasteiger partial charge in [-0.15, -0.1) is 12.4 Å². The fraction of sp³-hybridized carbons (Fsp3) is 0.500. The Kier molecular flexibility index (Phi) is 6.36. The number of nitrogens with one attached hydrogen (secondary N) is 1. The number of ether oxygens (including phenoxy) is 1. The van der Waals surface area contributed by atoms with Gasteiger partial charge in [-0.1, -0.05) is 28.1 Å². The minimum absolute atomic E-state index is 0. The lowest BCUT2D eigenvalue weighted by Gasteiger charge is -2.22. The molecule has 0 bridgehead atoms. The lowest BCUT2D eigenvalue weighted by atomic mass is 10.1. The summed E-state index contributed by atoms with van der Waals surface area (Å²) in [6.07, 6.45) is 2.70. The molecule has 1 aliphatic rings. The third-order valence-electron chi connectivity index (χ3n) is 2.66. The molecule has 90 valence electrons.